The molecule has 0 saturated heterocycles. The lowest BCUT2D eigenvalue weighted by atomic mass is 9.99. The summed E-state index contributed by atoms with van der Waals surface area (Å²) in [4.78, 5) is 11.4. The molecule has 0 saturated carbocycles. The van der Waals surface area contributed by atoms with Gasteiger partial charge >= 0.3 is 6.18 Å². The monoisotopic (exact) mass is 264 g/mol. The van der Waals surface area contributed by atoms with Crippen molar-refractivity contribution in [3.05, 3.63) is 34.3 Å². The number of carbonyl (C=O) groups is 1. The molecule has 17 heavy (non-hydrogen) atoms. The maximum Gasteiger partial charge on any atom is 0.417 e. The normalized spacial score (nSPS) is 11.9. The average molecular weight is 265 g/mol. The summed E-state index contributed by atoms with van der Waals surface area (Å²) >= 11 is 5.48. The van der Waals surface area contributed by atoms with Crippen LogP contribution in [0.1, 0.15) is 25.0 Å². The van der Waals surface area contributed by atoms with E-state index >= 15 is 0 Å². The fourth-order valence-corrected chi connectivity index (χ4v) is 1.53. The van der Waals surface area contributed by atoms with E-state index in [0.717, 1.165) is 6.07 Å². The topological polar surface area (TPSA) is 17.1 Å². The lowest BCUT2D eigenvalue weighted by molar-refractivity contribution is -0.137. The number of carbonyl (C=O) groups excluding carboxylic acids is 1. The molecule has 94 valence electrons. The second-order valence-electron chi connectivity index (χ2n) is 4.11. The van der Waals surface area contributed by atoms with E-state index in [1.165, 1.54) is 12.1 Å². The summed E-state index contributed by atoms with van der Waals surface area (Å²) in [6.07, 6.45) is -4.49. The SMILES string of the molecule is CC(C)C(=O)Cc1ccc(Cl)c(C(F)(F)F)c1. The van der Waals surface area contributed by atoms with E-state index in [0.29, 0.717) is 5.56 Å². The summed E-state index contributed by atoms with van der Waals surface area (Å²) in [5.41, 5.74) is -0.561. The molecule has 0 fully saturated rings. The van der Waals surface area contributed by atoms with Gasteiger partial charge in [0.15, 0.2) is 0 Å². The first kappa shape index (κ1) is 14.0. The Kier molecular flexibility index (Phi) is 4.20. The third-order valence-electron chi connectivity index (χ3n) is 2.36. The van der Waals surface area contributed by atoms with Crippen LogP contribution >= 0.6 is 11.6 Å². The average Bonchev–Trinajstić information content (AvgIpc) is 2.19. The molecule has 0 aliphatic heterocycles. The Morgan fingerprint density at radius 2 is 1.94 bits per heavy atom. The molecule has 0 aliphatic rings. The van der Waals surface area contributed by atoms with Crippen molar-refractivity contribution >= 4 is 17.4 Å². The number of alkyl halides is 3. The van der Waals surface area contributed by atoms with Gasteiger partial charge in [-0.2, -0.15) is 13.2 Å². The van der Waals surface area contributed by atoms with Crippen molar-refractivity contribution < 1.29 is 18.0 Å². The summed E-state index contributed by atoms with van der Waals surface area (Å²) < 4.78 is 37.7. The number of benzene rings is 1. The highest BCUT2D eigenvalue weighted by molar-refractivity contribution is 6.31. The zero-order valence-electron chi connectivity index (χ0n) is 9.44. The predicted molar refractivity (Wildman–Crippen MR) is 60.0 cm³/mol. The molecule has 1 rings (SSSR count). The third kappa shape index (κ3) is 3.73. The molecular formula is C12H12ClF3O. The largest absolute Gasteiger partial charge is 0.417 e. The maximum absolute atomic E-state index is 12.6. The number of Topliss-reactive ketones (excluding diaryl/α,β-unsaturated/α-hetero) is 1. The molecule has 1 aromatic carbocycles. The van der Waals surface area contributed by atoms with Crippen LogP contribution in [0, 0.1) is 5.92 Å². The van der Waals surface area contributed by atoms with Crippen LogP contribution in [-0.4, -0.2) is 5.78 Å². The van der Waals surface area contributed by atoms with Crippen molar-refractivity contribution in [2.75, 3.05) is 0 Å². The van der Waals surface area contributed by atoms with Crippen LogP contribution in [0.5, 0.6) is 0 Å². The Morgan fingerprint density at radius 1 is 1.35 bits per heavy atom. The molecule has 0 amide bonds. The minimum Gasteiger partial charge on any atom is -0.299 e. The summed E-state index contributed by atoms with van der Waals surface area (Å²) in [6, 6.07) is 3.55. The fourth-order valence-electron chi connectivity index (χ4n) is 1.30. The van der Waals surface area contributed by atoms with E-state index in [2.05, 4.69) is 0 Å². The van der Waals surface area contributed by atoms with Crippen LogP contribution in [0.15, 0.2) is 18.2 Å². The van der Waals surface area contributed by atoms with Gasteiger partial charge in [-0.25, -0.2) is 0 Å². The number of hydrogen-bond donors (Lipinski definition) is 0. The minimum atomic E-state index is -4.49. The van der Waals surface area contributed by atoms with Gasteiger partial charge in [-0.05, 0) is 17.7 Å². The zero-order chi connectivity index (χ0) is 13.2. The zero-order valence-corrected chi connectivity index (χ0v) is 10.2. The molecule has 0 atom stereocenters. The van der Waals surface area contributed by atoms with Crippen LogP contribution in [0.3, 0.4) is 0 Å². The summed E-state index contributed by atoms with van der Waals surface area (Å²) in [5.74, 6) is -0.291. The van der Waals surface area contributed by atoms with Gasteiger partial charge in [-0.3, -0.25) is 4.79 Å². The summed E-state index contributed by atoms with van der Waals surface area (Å²) in [7, 11) is 0. The predicted octanol–water partition coefficient (Wildman–Crippen LogP) is 4.13. The fraction of sp³-hybridized carbons (Fsp3) is 0.417. The van der Waals surface area contributed by atoms with E-state index in [-0.39, 0.29) is 23.1 Å². The molecule has 0 spiro atoms. The third-order valence-corrected chi connectivity index (χ3v) is 2.69. The Morgan fingerprint density at radius 3 is 2.41 bits per heavy atom. The maximum atomic E-state index is 12.6. The van der Waals surface area contributed by atoms with Gasteiger partial charge in [0, 0.05) is 12.3 Å². The number of hydrogen-bond acceptors (Lipinski definition) is 1. The molecule has 0 heterocycles. The van der Waals surface area contributed by atoms with Crippen molar-refractivity contribution in [2.24, 2.45) is 5.92 Å². The summed E-state index contributed by atoms with van der Waals surface area (Å²) in [5, 5.41) is -0.349. The van der Waals surface area contributed by atoms with Crippen LogP contribution < -0.4 is 0 Å². The molecule has 0 bridgehead atoms. The van der Waals surface area contributed by atoms with E-state index in [4.69, 9.17) is 11.6 Å². The van der Waals surface area contributed by atoms with Gasteiger partial charge in [-0.1, -0.05) is 31.5 Å². The highest BCUT2D eigenvalue weighted by Gasteiger charge is 2.33. The van der Waals surface area contributed by atoms with Crippen molar-refractivity contribution in [2.45, 2.75) is 26.4 Å². The van der Waals surface area contributed by atoms with Crippen LogP contribution in [0.2, 0.25) is 5.02 Å². The molecule has 1 aromatic rings. The van der Waals surface area contributed by atoms with E-state index in [9.17, 15) is 18.0 Å². The van der Waals surface area contributed by atoms with Crippen LogP contribution in [0.25, 0.3) is 0 Å². The first-order chi connectivity index (χ1) is 7.71. The first-order valence-electron chi connectivity index (χ1n) is 5.10. The number of halogens is 4. The molecule has 0 aromatic heterocycles. The summed E-state index contributed by atoms with van der Waals surface area (Å²) in [6.45, 7) is 3.42. The van der Waals surface area contributed by atoms with E-state index in [1.807, 2.05) is 0 Å². The molecule has 0 N–H and O–H groups in total. The number of ketones is 1. The van der Waals surface area contributed by atoms with Crippen molar-refractivity contribution in [1.82, 2.24) is 0 Å². The highest BCUT2D eigenvalue weighted by Crippen LogP contribution is 2.35. The lowest BCUT2D eigenvalue weighted by Crippen LogP contribution is -2.12. The molecule has 0 aliphatic carbocycles. The van der Waals surface area contributed by atoms with E-state index < -0.39 is 11.7 Å². The van der Waals surface area contributed by atoms with Crippen molar-refractivity contribution in [3.8, 4) is 0 Å². The Balaban J connectivity index is 3.01. The Labute approximate surface area is 103 Å². The standard InChI is InChI=1S/C12H12ClF3O/c1-7(2)11(17)6-8-3-4-10(13)9(5-8)12(14,15)16/h3-5,7H,6H2,1-2H3. The van der Waals surface area contributed by atoms with Crippen LogP contribution in [-0.2, 0) is 17.4 Å². The Hall–Kier alpha value is -1.03. The second kappa shape index (κ2) is 5.08. The smallest absolute Gasteiger partial charge is 0.299 e. The highest BCUT2D eigenvalue weighted by atomic mass is 35.5. The van der Waals surface area contributed by atoms with Crippen LogP contribution in [0.4, 0.5) is 13.2 Å². The number of rotatable bonds is 3. The second-order valence-corrected chi connectivity index (χ2v) is 4.52. The Bertz CT molecular complexity index is 424. The van der Waals surface area contributed by atoms with Crippen molar-refractivity contribution in [1.29, 1.82) is 0 Å². The van der Waals surface area contributed by atoms with Gasteiger partial charge < -0.3 is 0 Å². The van der Waals surface area contributed by atoms with Gasteiger partial charge in [0.1, 0.15) is 5.78 Å². The van der Waals surface area contributed by atoms with Gasteiger partial charge in [0.2, 0.25) is 0 Å². The van der Waals surface area contributed by atoms with Gasteiger partial charge in [-0.15, -0.1) is 0 Å². The lowest BCUT2D eigenvalue weighted by Gasteiger charge is -2.11. The van der Waals surface area contributed by atoms with Gasteiger partial charge in [0.05, 0.1) is 10.6 Å². The molecule has 1 nitrogen and oxygen atoms in total. The van der Waals surface area contributed by atoms with Crippen molar-refractivity contribution in [3.63, 3.8) is 0 Å². The first-order valence-corrected chi connectivity index (χ1v) is 5.48. The molecular weight excluding hydrogens is 253 g/mol. The molecule has 0 radical (unpaired) electrons. The van der Waals surface area contributed by atoms with Gasteiger partial charge in [0.25, 0.3) is 0 Å². The van der Waals surface area contributed by atoms with E-state index in [1.54, 1.807) is 13.8 Å². The minimum absolute atomic E-state index is 0.00207. The molecule has 5 heteroatoms. The quantitative estimate of drug-likeness (QED) is 0.802. The molecule has 0 unspecified atom stereocenters.